The summed E-state index contributed by atoms with van der Waals surface area (Å²) in [6, 6.07) is 0. The first-order valence-corrected chi connectivity index (χ1v) is 9.59. The second-order valence-corrected chi connectivity index (χ2v) is 7.09. The van der Waals surface area contributed by atoms with Crippen LogP contribution in [0, 0.1) is 0 Å². The van der Waals surface area contributed by atoms with Crippen molar-refractivity contribution in [3.8, 4) is 0 Å². The number of carbonyl (C=O) groups is 4. The van der Waals surface area contributed by atoms with E-state index in [1.165, 1.54) is 6.92 Å². The molecule has 30 heavy (non-hydrogen) atoms. The van der Waals surface area contributed by atoms with Crippen LogP contribution in [0.15, 0.2) is 0 Å². The molecular weight excluding hydrogens is 422 g/mol. The second kappa shape index (κ2) is 11.6. The van der Waals surface area contributed by atoms with Gasteiger partial charge in [0.15, 0.2) is 24.5 Å². The minimum atomic E-state index is -1.27. The number of hydrogen-bond acceptors (Lipinski definition) is 11. The topological polar surface area (TPSA) is 136 Å². The third kappa shape index (κ3) is 8.49. The largest absolute Gasteiger partial charge is 0.468 e. The summed E-state index contributed by atoms with van der Waals surface area (Å²) in [6.45, 7) is 7.80. The van der Waals surface area contributed by atoms with E-state index in [0.29, 0.717) is 0 Å². The highest BCUT2D eigenvalue weighted by Gasteiger charge is 2.52. The Hall–Kier alpha value is -2.47. The SMILES string of the molecule is CC(=O)OC[C@H]1O[C@@H](NC(=S)OC(C)C)[C@H](OC(C)=O)[C@@H](OC(C)=O)[C@@H]1OC(C)=O. The summed E-state index contributed by atoms with van der Waals surface area (Å²) in [4.78, 5) is 46.3. The predicted octanol–water partition coefficient (Wildman–Crippen LogP) is 0.369. The highest BCUT2D eigenvalue weighted by atomic mass is 32.1. The van der Waals surface area contributed by atoms with Gasteiger partial charge in [-0.1, -0.05) is 0 Å². The highest BCUT2D eigenvalue weighted by Crippen LogP contribution is 2.28. The van der Waals surface area contributed by atoms with Crippen molar-refractivity contribution in [1.82, 2.24) is 5.32 Å². The van der Waals surface area contributed by atoms with Crippen molar-refractivity contribution in [2.75, 3.05) is 6.61 Å². The average molecular weight is 449 g/mol. The molecule has 0 radical (unpaired) electrons. The summed E-state index contributed by atoms with van der Waals surface area (Å²) in [5.74, 6) is -2.74. The van der Waals surface area contributed by atoms with Crippen LogP contribution in [0.1, 0.15) is 41.5 Å². The van der Waals surface area contributed by atoms with Gasteiger partial charge in [0, 0.05) is 27.7 Å². The Kier molecular flexibility index (Phi) is 9.93. The molecule has 1 aliphatic heterocycles. The minimum absolute atomic E-state index is 0.0640. The molecule has 0 saturated carbocycles. The van der Waals surface area contributed by atoms with Crippen molar-refractivity contribution in [1.29, 1.82) is 0 Å². The van der Waals surface area contributed by atoms with Gasteiger partial charge in [-0.15, -0.1) is 0 Å². The number of esters is 4. The van der Waals surface area contributed by atoms with Gasteiger partial charge in [-0.3, -0.25) is 19.2 Å². The first-order chi connectivity index (χ1) is 13.9. The lowest BCUT2D eigenvalue weighted by atomic mass is 9.97. The molecule has 1 saturated heterocycles. The molecule has 11 nitrogen and oxygen atoms in total. The Bertz CT molecular complexity index is 667. The highest BCUT2D eigenvalue weighted by molar-refractivity contribution is 7.80. The van der Waals surface area contributed by atoms with Crippen LogP contribution in [-0.2, 0) is 47.6 Å². The van der Waals surface area contributed by atoms with E-state index >= 15 is 0 Å². The van der Waals surface area contributed by atoms with Gasteiger partial charge in [-0.25, -0.2) is 0 Å². The minimum Gasteiger partial charge on any atom is -0.468 e. The Balaban J connectivity index is 3.30. The summed E-state index contributed by atoms with van der Waals surface area (Å²) in [5.41, 5.74) is 0. The van der Waals surface area contributed by atoms with Crippen LogP contribution in [0.3, 0.4) is 0 Å². The molecule has 0 aliphatic carbocycles. The summed E-state index contributed by atoms with van der Waals surface area (Å²) in [6.07, 6.45) is -6.23. The van der Waals surface area contributed by atoms with Gasteiger partial charge in [-0.2, -0.15) is 0 Å². The van der Waals surface area contributed by atoms with E-state index in [1.807, 2.05) is 0 Å². The molecule has 5 atom stereocenters. The standard InChI is InChI=1S/C18H27NO10S/c1-8(2)25-18(30)19-17-16(28-12(6)23)15(27-11(5)22)14(26-10(4)21)13(29-17)7-24-9(3)20/h8,13-17H,7H2,1-6H3,(H,19,30)/t13-,14-,15+,16-,17-/m1/s1. The molecule has 0 amide bonds. The van der Waals surface area contributed by atoms with Gasteiger partial charge in [0.05, 0.1) is 6.10 Å². The zero-order valence-corrected chi connectivity index (χ0v) is 18.5. The van der Waals surface area contributed by atoms with Crippen molar-refractivity contribution >= 4 is 41.3 Å². The molecule has 1 rings (SSSR count). The van der Waals surface area contributed by atoms with Crippen molar-refractivity contribution < 1.29 is 47.6 Å². The smallest absolute Gasteiger partial charge is 0.303 e. The third-order valence-electron chi connectivity index (χ3n) is 3.59. The van der Waals surface area contributed by atoms with E-state index in [9.17, 15) is 19.2 Å². The van der Waals surface area contributed by atoms with Crippen molar-refractivity contribution in [2.45, 2.75) is 78.3 Å². The fourth-order valence-corrected chi connectivity index (χ4v) is 3.02. The maximum Gasteiger partial charge on any atom is 0.303 e. The lowest BCUT2D eigenvalue weighted by molar-refractivity contribution is -0.255. The summed E-state index contributed by atoms with van der Waals surface area (Å²) in [5, 5.41) is 2.67. The van der Waals surface area contributed by atoms with E-state index in [0.717, 1.165) is 20.8 Å². The number of ether oxygens (including phenoxy) is 6. The lowest BCUT2D eigenvalue weighted by Crippen LogP contribution is -2.66. The molecule has 1 aliphatic rings. The summed E-state index contributed by atoms with van der Waals surface area (Å²) in [7, 11) is 0. The Morgan fingerprint density at radius 1 is 0.867 bits per heavy atom. The fourth-order valence-electron chi connectivity index (χ4n) is 2.71. The number of thiocarbonyl (C=S) groups is 1. The van der Waals surface area contributed by atoms with Gasteiger partial charge in [0.1, 0.15) is 12.7 Å². The van der Waals surface area contributed by atoms with Crippen LogP contribution in [0.2, 0.25) is 0 Å². The van der Waals surface area contributed by atoms with Crippen molar-refractivity contribution in [3.05, 3.63) is 0 Å². The van der Waals surface area contributed by atoms with Crippen LogP contribution < -0.4 is 5.32 Å². The Morgan fingerprint density at radius 2 is 1.37 bits per heavy atom. The average Bonchev–Trinajstić information content (AvgIpc) is 2.56. The van der Waals surface area contributed by atoms with Crippen LogP contribution in [0.4, 0.5) is 0 Å². The number of nitrogens with one attached hydrogen (secondary N) is 1. The number of carbonyl (C=O) groups excluding carboxylic acids is 4. The zero-order chi connectivity index (χ0) is 23.0. The normalized spacial score (nSPS) is 25.6. The van der Waals surface area contributed by atoms with Gasteiger partial charge >= 0.3 is 23.9 Å². The number of rotatable bonds is 7. The van der Waals surface area contributed by atoms with E-state index in [4.69, 9.17) is 40.6 Å². The zero-order valence-electron chi connectivity index (χ0n) is 17.7. The van der Waals surface area contributed by atoms with Crippen LogP contribution in [0.25, 0.3) is 0 Å². The lowest BCUT2D eigenvalue weighted by Gasteiger charge is -2.44. The Labute approximate surface area is 179 Å². The maximum atomic E-state index is 11.7. The first kappa shape index (κ1) is 25.6. The summed E-state index contributed by atoms with van der Waals surface area (Å²) >= 11 is 5.12. The van der Waals surface area contributed by atoms with E-state index in [1.54, 1.807) is 13.8 Å². The van der Waals surface area contributed by atoms with Crippen LogP contribution in [-0.4, -0.2) is 72.4 Å². The van der Waals surface area contributed by atoms with Gasteiger partial charge in [0.2, 0.25) is 0 Å². The fraction of sp³-hybridized carbons (Fsp3) is 0.722. The molecule has 0 spiro atoms. The maximum absolute atomic E-state index is 11.7. The van der Waals surface area contributed by atoms with Crippen molar-refractivity contribution in [3.63, 3.8) is 0 Å². The van der Waals surface area contributed by atoms with Gasteiger partial charge in [-0.05, 0) is 26.1 Å². The monoisotopic (exact) mass is 449 g/mol. The molecule has 1 fully saturated rings. The molecule has 1 heterocycles. The molecule has 0 bridgehead atoms. The van der Waals surface area contributed by atoms with E-state index < -0.39 is 54.5 Å². The molecule has 0 aromatic carbocycles. The van der Waals surface area contributed by atoms with Gasteiger partial charge < -0.3 is 33.7 Å². The van der Waals surface area contributed by atoms with Crippen LogP contribution in [0.5, 0.6) is 0 Å². The van der Waals surface area contributed by atoms with Crippen molar-refractivity contribution in [2.24, 2.45) is 0 Å². The third-order valence-corrected chi connectivity index (χ3v) is 3.81. The molecular formula is C18H27NO10S. The number of hydrogen-bond donors (Lipinski definition) is 1. The molecule has 1 N–H and O–H groups in total. The van der Waals surface area contributed by atoms with Crippen LogP contribution >= 0.6 is 12.2 Å². The van der Waals surface area contributed by atoms with E-state index in [2.05, 4.69) is 5.32 Å². The Morgan fingerprint density at radius 3 is 1.83 bits per heavy atom. The quantitative estimate of drug-likeness (QED) is 0.327. The first-order valence-electron chi connectivity index (χ1n) is 9.18. The predicted molar refractivity (Wildman–Crippen MR) is 104 cm³/mol. The molecule has 170 valence electrons. The van der Waals surface area contributed by atoms with Gasteiger partial charge in [0.25, 0.3) is 5.17 Å². The van der Waals surface area contributed by atoms with E-state index in [-0.39, 0.29) is 17.9 Å². The molecule has 0 unspecified atom stereocenters. The molecule has 12 heteroatoms. The molecule has 0 aromatic heterocycles. The summed E-state index contributed by atoms with van der Waals surface area (Å²) < 4.78 is 32.0. The molecule has 0 aromatic rings. The second-order valence-electron chi connectivity index (χ2n) is 6.72.